The predicted octanol–water partition coefficient (Wildman–Crippen LogP) is -1.37. The fourth-order valence-corrected chi connectivity index (χ4v) is 2.28. The first-order valence-electron chi connectivity index (χ1n) is 5.33. The molecule has 0 fully saturated rings. The molecule has 8 heteroatoms. The number of nitrogens with zero attached hydrogens (tertiary/aromatic N) is 1. The molecular weight excluding hydrogens is 273 g/mol. The molecule has 0 bridgehead atoms. The molecule has 98 valence electrons. The Bertz CT molecular complexity index is 260. The van der Waals surface area contributed by atoms with Crippen LogP contribution in [0, 0.1) is 0 Å². The van der Waals surface area contributed by atoms with Crippen LogP contribution in [0.3, 0.4) is 0 Å². The first kappa shape index (κ1) is 20.5. The van der Waals surface area contributed by atoms with Gasteiger partial charge < -0.3 is 9.45 Å². The predicted molar refractivity (Wildman–Crippen MR) is 64.9 cm³/mol. The van der Waals surface area contributed by atoms with E-state index in [1.165, 1.54) is 12.8 Å². The van der Waals surface area contributed by atoms with Crippen LogP contribution in [0.2, 0.25) is 0 Å². The molecule has 5 nitrogen and oxygen atoms in total. The van der Waals surface area contributed by atoms with E-state index < -0.39 is 10.4 Å². The quantitative estimate of drug-likeness (QED) is 0.163. The van der Waals surface area contributed by atoms with Gasteiger partial charge in [0.2, 0.25) is 10.4 Å². The summed E-state index contributed by atoms with van der Waals surface area (Å²) >= 11 is 0.720. The van der Waals surface area contributed by atoms with Crippen molar-refractivity contribution in [2.45, 2.75) is 32.1 Å². The molecule has 0 aliphatic carbocycles. The van der Waals surface area contributed by atoms with Gasteiger partial charge >= 0.3 is 29.6 Å². The molecular formula is C9H20NNaO4S2. The van der Waals surface area contributed by atoms with Gasteiger partial charge in [-0.1, -0.05) is 19.3 Å². The van der Waals surface area contributed by atoms with E-state index in [4.69, 9.17) is 0 Å². The Labute approximate surface area is 131 Å². The summed E-state index contributed by atoms with van der Waals surface area (Å²) in [6.45, 7) is 1.10. The normalized spacial score (nSPS) is 11.5. The SMILES string of the molecule is CN(C)CCCCCCCSOS(=O)(=O)[O-].[Na+]. The average molecular weight is 293 g/mol. The molecule has 0 spiro atoms. The summed E-state index contributed by atoms with van der Waals surface area (Å²) in [5, 5.41) is 0. The smallest absolute Gasteiger partial charge is 0.725 e. The van der Waals surface area contributed by atoms with Crippen molar-refractivity contribution in [2.75, 3.05) is 26.4 Å². The number of hydrogen-bond donors (Lipinski definition) is 0. The van der Waals surface area contributed by atoms with Gasteiger partial charge in [-0.05, 0) is 33.5 Å². The molecule has 0 radical (unpaired) electrons. The Morgan fingerprint density at radius 3 is 2.18 bits per heavy atom. The van der Waals surface area contributed by atoms with Crippen LogP contribution >= 0.6 is 12.0 Å². The third-order valence-electron chi connectivity index (χ3n) is 1.96. The van der Waals surface area contributed by atoms with E-state index in [1.54, 1.807) is 0 Å². The van der Waals surface area contributed by atoms with Gasteiger partial charge in [0.05, 0.1) is 0 Å². The van der Waals surface area contributed by atoms with Gasteiger partial charge in [0.25, 0.3) is 0 Å². The van der Waals surface area contributed by atoms with E-state index in [-0.39, 0.29) is 29.6 Å². The van der Waals surface area contributed by atoms with Gasteiger partial charge in [-0.3, -0.25) is 0 Å². The van der Waals surface area contributed by atoms with Gasteiger partial charge in [-0.2, -0.15) is 0 Å². The summed E-state index contributed by atoms with van der Waals surface area (Å²) in [5.41, 5.74) is 0. The van der Waals surface area contributed by atoms with E-state index >= 15 is 0 Å². The third-order valence-corrected chi connectivity index (χ3v) is 3.47. The minimum absolute atomic E-state index is 0. The van der Waals surface area contributed by atoms with Gasteiger partial charge in [-0.15, -0.1) is 0 Å². The Morgan fingerprint density at radius 2 is 1.65 bits per heavy atom. The molecule has 0 heterocycles. The van der Waals surface area contributed by atoms with Crippen LogP contribution in [0.4, 0.5) is 0 Å². The van der Waals surface area contributed by atoms with E-state index in [9.17, 15) is 13.0 Å². The van der Waals surface area contributed by atoms with Crippen LogP contribution in [0.15, 0.2) is 0 Å². The van der Waals surface area contributed by atoms with E-state index in [0.29, 0.717) is 5.75 Å². The molecule has 0 aromatic rings. The summed E-state index contributed by atoms with van der Waals surface area (Å²) in [6.07, 6.45) is 5.43. The third kappa shape index (κ3) is 19.7. The van der Waals surface area contributed by atoms with Crippen LogP contribution in [0.5, 0.6) is 0 Å². The maximum absolute atomic E-state index is 10.1. The number of unbranched alkanes of at least 4 members (excludes halogenated alkanes) is 4. The molecule has 0 aliphatic rings. The molecule has 0 rings (SSSR count). The summed E-state index contributed by atoms with van der Waals surface area (Å²) in [4.78, 5) is 2.16. The molecule has 0 N–H and O–H groups in total. The number of rotatable bonds is 10. The number of hydrogen-bond acceptors (Lipinski definition) is 6. The molecule has 17 heavy (non-hydrogen) atoms. The summed E-state index contributed by atoms with van der Waals surface area (Å²) in [7, 11) is -0.422. The van der Waals surface area contributed by atoms with Crippen LogP contribution in [0.25, 0.3) is 0 Å². The Balaban J connectivity index is 0. The van der Waals surface area contributed by atoms with Crippen molar-refractivity contribution in [3.8, 4) is 0 Å². The minimum atomic E-state index is -4.53. The van der Waals surface area contributed by atoms with Crippen molar-refractivity contribution in [2.24, 2.45) is 0 Å². The zero-order valence-electron chi connectivity index (χ0n) is 10.8. The molecule has 0 atom stereocenters. The van der Waals surface area contributed by atoms with E-state index in [0.717, 1.165) is 37.8 Å². The van der Waals surface area contributed by atoms with Crippen molar-refractivity contribution in [1.82, 2.24) is 4.90 Å². The van der Waals surface area contributed by atoms with Crippen molar-refractivity contribution < 1.29 is 46.2 Å². The second-order valence-corrected chi connectivity index (χ2v) is 5.87. The molecule has 0 aromatic heterocycles. The average Bonchev–Trinajstić information content (AvgIpc) is 2.13. The van der Waals surface area contributed by atoms with E-state index in [1.807, 2.05) is 0 Å². The maximum atomic E-state index is 10.1. The summed E-state index contributed by atoms with van der Waals surface area (Å²) < 4.78 is 34.2. The minimum Gasteiger partial charge on any atom is -0.725 e. The fourth-order valence-electron chi connectivity index (χ4n) is 1.21. The first-order valence-corrected chi connectivity index (χ1v) is 7.58. The molecule has 0 saturated carbocycles. The zero-order valence-corrected chi connectivity index (χ0v) is 14.5. The van der Waals surface area contributed by atoms with Crippen LogP contribution in [-0.2, 0) is 14.0 Å². The molecule has 0 aromatic carbocycles. The second kappa shape index (κ2) is 12.2. The Kier molecular flexibility index (Phi) is 14.7. The van der Waals surface area contributed by atoms with E-state index in [2.05, 4.69) is 22.6 Å². The monoisotopic (exact) mass is 293 g/mol. The van der Waals surface area contributed by atoms with Gasteiger partial charge in [0.1, 0.15) is 0 Å². The standard InChI is InChI=1S/C9H21NO4S2.Na/c1-10(2)8-6-4-3-5-7-9-15-14-16(11,12)13;/h3-9H2,1-2H3,(H,11,12,13);/q;+1/p-1. The zero-order chi connectivity index (χ0) is 12.4. The van der Waals surface area contributed by atoms with Gasteiger partial charge in [-0.25, -0.2) is 12.0 Å². The second-order valence-electron chi connectivity index (χ2n) is 3.87. The van der Waals surface area contributed by atoms with Crippen molar-refractivity contribution in [3.63, 3.8) is 0 Å². The molecule has 0 aliphatic heterocycles. The maximum Gasteiger partial charge on any atom is 1.00 e. The molecule has 0 unspecified atom stereocenters. The van der Waals surface area contributed by atoms with Crippen LogP contribution in [0.1, 0.15) is 32.1 Å². The largest absolute Gasteiger partial charge is 1.00 e. The Hall–Kier alpha value is 1.18. The fraction of sp³-hybridized carbons (Fsp3) is 1.00. The summed E-state index contributed by atoms with van der Waals surface area (Å²) in [6, 6.07) is 0. The van der Waals surface area contributed by atoms with Gasteiger partial charge in [0.15, 0.2) is 0 Å². The summed E-state index contributed by atoms with van der Waals surface area (Å²) in [5.74, 6) is 0.551. The van der Waals surface area contributed by atoms with Crippen molar-refractivity contribution in [3.05, 3.63) is 0 Å². The van der Waals surface area contributed by atoms with Crippen molar-refractivity contribution in [1.29, 1.82) is 0 Å². The Morgan fingerprint density at radius 1 is 1.12 bits per heavy atom. The molecule has 0 saturated heterocycles. The topological polar surface area (TPSA) is 69.7 Å². The van der Waals surface area contributed by atoms with Crippen LogP contribution in [-0.4, -0.2) is 44.3 Å². The van der Waals surface area contributed by atoms with Gasteiger partial charge in [0, 0.05) is 17.8 Å². The first-order chi connectivity index (χ1) is 7.42. The van der Waals surface area contributed by atoms with Crippen molar-refractivity contribution >= 4 is 22.4 Å². The molecule has 0 amide bonds. The van der Waals surface area contributed by atoms with Crippen LogP contribution < -0.4 is 29.6 Å².